The first-order valence-electron chi connectivity index (χ1n) is 4.71. The first-order valence-corrected chi connectivity index (χ1v) is 4.71. The molecular weight excluding hydrogens is 182 g/mol. The first-order chi connectivity index (χ1) is 6.38. The van der Waals surface area contributed by atoms with Gasteiger partial charge in [0.25, 0.3) is 0 Å². The molecule has 5 nitrogen and oxygen atoms in total. The van der Waals surface area contributed by atoms with E-state index in [1.165, 1.54) is 0 Å². The highest BCUT2D eigenvalue weighted by Crippen LogP contribution is 1.94. The summed E-state index contributed by atoms with van der Waals surface area (Å²) < 4.78 is 0. The number of nitrogens with two attached hydrogens (primary N) is 1. The Balaban J connectivity index is 3.73. The molecule has 0 unspecified atom stereocenters. The molecule has 0 spiro atoms. The molecule has 0 rings (SSSR count). The van der Waals surface area contributed by atoms with Gasteiger partial charge in [-0.15, -0.1) is 0 Å². The lowest BCUT2D eigenvalue weighted by Gasteiger charge is -2.17. The van der Waals surface area contributed by atoms with Crippen molar-refractivity contribution in [3.8, 4) is 0 Å². The van der Waals surface area contributed by atoms with E-state index in [1.54, 1.807) is 13.8 Å². The van der Waals surface area contributed by atoms with Crippen LogP contribution in [0, 0.1) is 0 Å². The van der Waals surface area contributed by atoms with Crippen molar-refractivity contribution in [3.63, 3.8) is 0 Å². The summed E-state index contributed by atoms with van der Waals surface area (Å²) in [5, 5.41) is 5.10. The Morgan fingerprint density at radius 2 is 1.86 bits per heavy atom. The monoisotopic (exact) mass is 201 g/mol. The number of hydrogen-bond donors (Lipinski definition) is 3. The maximum atomic E-state index is 11.2. The van der Waals surface area contributed by atoms with Crippen molar-refractivity contribution in [2.45, 2.75) is 32.7 Å². The Labute approximate surface area is 84.4 Å². The number of rotatable bonds is 5. The van der Waals surface area contributed by atoms with Crippen LogP contribution in [-0.2, 0) is 9.59 Å². The molecule has 4 N–H and O–H groups in total. The topological polar surface area (TPSA) is 84.2 Å². The fourth-order valence-corrected chi connectivity index (χ4v) is 0.715. The van der Waals surface area contributed by atoms with E-state index in [0.717, 1.165) is 6.42 Å². The van der Waals surface area contributed by atoms with Gasteiger partial charge < -0.3 is 16.4 Å². The molecule has 0 saturated heterocycles. The molecule has 0 radical (unpaired) electrons. The maximum Gasteiger partial charge on any atom is 0.239 e. The number of nitrogens with one attached hydrogen (secondary N) is 2. The first kappa shape index (κ1) is 12.9. The molecule has 0 aromatic carbocycles. The lowest BCUT2D eigenvalue weighted by molar-refractivity contribution is -0.128. The third-order valence-electron chi connectivity index (χ3n) is 1.57. The smallest absolute Gasteiger partial charge is 0.239 e. The summed E-state index contributed by atoms with van der Waals surface area (Å²) in [4.78, 5) is 22.3. The summed E-state index contributed by atoms with van der Waals surface area (Å²) in [6.45, 7) is 5.75. The Kier molecular flexibility index (Phi) is 5.15. The predicted molar refractivity (Wildman–Crippen MR) is 54.6 cm³/mol. The molecule has 0 aromatic rings. The minimum absolute atomic E-state index is 0.0144. The van der Waals surface area contributed by atoms with E-state index in [4.69, 9.17) is 5.73 Å². The minimum Gasteiger partial charge on any atom is -0.355 e. The van der Waals surface area contributed by atoms with Crippen LogP contribution >= 0.6 is 0 Å². The maximum absolute atomic E-state index is 11.2. The Morgan fingerprint density at radius 1 is 1.29 bits per heavy atom. The van der Waals surface area contributed by atoms with Gasteiger partial charge in [0, 0.05) is 6.54 Å². The normalized spacial score (nSPS) is 10.9. The fourth-order valence-electron chi connectivity index (χ4n) is 0.715. The van der Waals surface area contributed by atoms with E-state index in [1.807, 2.05) is 6.92 Å². The van der Waals surface area contributed by atoms with Crippen LogP contribution in [-0.4, -0.2) is 30.4 Å². The quantitative estimate of drug-likeness (QED) is 0.553. The zero-order valence-electron chi connectivity index (χ0n) is 9.02. The van der Waals surface area contributed by atoms with E-state index in [0.29, 0.717) is 6.54 Å². The Hall–Kier alpha value is -1.10. The molecule has 0 aliphatic rings. The summed E-state index contributed by atoms with van der Waals surface area (Å²) in [6.07, 6.45) is 0.877. The number of carbonyl (C=O) groups is 2. The molecule has 0 bridgehead atoms. The summed E-state index contributed by atoms with van der Waals surface area (Å²) in [5.41, 5.74) is 4.58. The standard InChI is InChI=1S/C9H19N3O2/c1-4-5-11-7(13)6-12-8(14)9(2,3)10/h4-6,10H2,1-3H3,(H,11,13)(H,12,14). The summed E-state index contributed by atoms with van der Waals surface area (Å²) in [6, 6.07) is 0. The van der Waals surface area contributed by atoms with Crippen LogP contribution in [0.2, 0.25) is 0 Å². The zero-order chi connectivity index (χ0) is 11.2. The van der Waals surface area contributed by atoms with E-state index < -0.39 is 5.54 Å². The second kappa shape index (κ2) is 5.59. The second-order valence-electron chi connectivity index (χ2n) is 3.75. The molecule has 82 valence electrons. The SMILES string of the molecule is CCCNC(=O)CNC(=O)C(C)(C)N. The Bertz CT molecular complexity index is 209. The van der Waals surface area contributed by atoms with Gasteiger partial charge in [-0.2, -0.15) is 0 Å². The lowest BCUT2D eigenvalue weighted by Crippen LogP contribution is -2.51. The average Bonchev–Trinajstić information content (AvgIpc) is 2.09. The largest absolute Gasteiger partial charge is 0.355 e. The van der Waals surface area contributed by atoms with Crippen molar-refractivity contribution in [1.29, 1.82) is 0 Å². The highest BCUT2D eigenvalue weighted by molar-refractivity contribution is 5.89. The molecule has 0 atom stereocenters. The fraction of sp³-hybridized carbons (Fsp3) is 0.778. The van der Waals surface area contributed by atoms with Crippen LogP contribution in [0.3, 0.4) is 0 Å². The van der Waals surface area contributed by atoms with Gasteiger partial charge in [0.15, 0.2) is 0 Å². The molecule has 2 amide bonds. The van der Waals surface area contributed by atoms with Gasteiger partial charge in [-0.3, -0.25) is 9.59 Å². The summed E-state index contributed by atoms with van der Waals surface area (Å²) in [5.74, 6) is -0.520. The summed E-state index contributed by atoms with van der Waals surface area (Å²) >= 11 is 0. The van der Waals surface area contributed by atoms with Crippen molar-refractivity contribution in [2.75, 3.05) is 13.1 Å². The van der Waals surface area contributed by atoms with Crippen LogP contribution in [0.4, 0.5) is 0 Å². The molecule has 5 heteroatoms. The highest BCUT2D eigenvalue weighted by Gasteiger charge is 2.21. The number of carbonyl (C=O) groups excluding carboxylic acids is 2. The van der Waals surface area contributed by atoms with E-state index >= 15 is 0 Å². The van der Waals surface area contributed by atoms with Crippen LogP contribution in [0.1, 0.15) is 27.2 Å². The molecule has 0 aromatic heterocycles. The predicted octanol–water partition coefficient (Wildman–Crippen LogP) is -0.634. The molecule has 0 aliphatic heterocycles. The zero-order valence-corrected chi connectivity index (χ0v) is 9.02. The third kappa shape index (κ3) is 5.53. The van der Waals surface area contributed by atoms with Gasteiger partial charge >= 0.3 is 0 Å². The van der Waals surface area contributed by atoms with Gasteiger partial charge in [-0.1, -0.05) is 6.92 Å². The molecule has 0 fully saturated rings. The molecule has 0 aliphatic carbocycles. The van der Waals surface area contributed by atoms with Gasteiger partial charge in [0.05, 0.1) is 12.1 Å². The molecule has 0 saturated carbocycles. The number of hydrogen-bond acceptors (Lipinski definition) is 3. The van der Waals surface area contributed by atoms with Gasteiger partial charge in [0.2, 0.25) is 11.8 Å². The van der Waals surface area contributed by atoms with E-state index in [9.17, 15) is 9.59 Å². The van der Waals surface area contributed by atoms with Crippen molar-refractivity contribution in [3.05, 3.63) is 0 Å². The number of amides is 2. The van der Waals surface area contributed by atoms with Crippen LogP contribution in [0.25, 0.3) is 0 Å². The van der Waals surface area contributed by atoms with Crippen molar-refractivity contribution >= 4 is 11.8 Å². The third-order valence-corrected chi connectivity index (χ3v) is 1.57. The van der Waals surface area contributed by atoms with Crippen LogP contribution in [0.15, 0.2) is 0 Å². The van der Waals surface area contributed by atoms with Crippen molar-refractivity contribution in [1.82, 2.24) is 10.6 Å². The van der Waals surface area contributed by atoms with Gasteiger partial charge in [-0.25, -0.2) is 0 Å². The van der Waals surface area contributed by atoms with Crippen molar-refractivity contribution in [2.24, 2.45) is 5.73 Å². The van der Waals surface area contributed by atoms with Crippen LogP contribution in [0.5, 0.6) is 0 Å². The average molecular weight is 201 g/mol. The molecular formula is C9H19N3O2. The van der Waals surface area contributed by atoms with E-state index in [-0.39, 0.29) is 18.4 Å². The van der Waals surface area contributed by atoms with Crippen LogP contribution < -0.4 is 16.4 Å². The lowest BCUT2D eigenvalue weighted by atomic mass is 10.1. The minimum atomic E-state index is -0.939. The molecule has 0 heterocycles. The highest BCUT2D eigenvalue weighted by atomic mass is 16.2. The Morgan fingerprint density at radius 3 is 2.29 bits per heavy atom. The second-order valence-corrected chi connectivity index (χ2v) is 3.75. The van der Waals surface area contributed by atoms with E-state index in [2.05, 4.69) is 10.6 Å². The molecule has 14 heavy (non-hydrogen) atoms. The van der Waals surface area contributed by atoms with Gasteiger partial charge in [0.1, 0.15) is 0 Å². The van der Waals surface area contributed by atoms with Crippen molar-refractivity contribution < 1.29 is 9.59 Å². The van der Waals surface area contributed by atoms with Gasteiger partial charge in [-0.05, 0) is 20.3 Å². The summed E-state index contributed by atoms with van der Waals surface area (Å²) in [7, 11) is 0.